The van der Waals surface area contributed by atoms with Gasteiger partial charge in [0.1, 0.15) is 18.1 Å². The molecule has 24 heavy (non-hydrogen) atoms. The van der Waals surface area contributed by atoms with Crippen LogP contribution in [-0.2, 0) is 13.7 Å². The van der Waals surface area contributed by atoms with Gasteiger partial charge in [-0.2, -0.15) is 9.36 Å². The molecule has 3 aromatic rings. The number of hydrogen-bond acceptors (Lipinski definition) is 5. The number of halogens is 2. The van der Waals surface area contributed by atoms with E-state index in [1.54, 1.807) is 12.1 Å². The lowest BCUT2D eigenvalue weighted by atomic mass is 10.2. The van der Waals surface area contributed by atoms with Crippen LogP contribution in [0.5, 0.6) is 11.5 Å². The van der Waals surface area contributed by atoms with Gasteiger partial charge in [-0.3, -0.25) is 0 Å². The Morgan fingerprint density at radius 3 is 2.75 bits per heavy atom. The molecule has 0 radical (unpaired) electrons. The van der Waals surface area contributed by atoms with Gasteiger partial charge >= 0.3 is 5.69 Å². The number of rotatable bonds is 4. The second kappa shape index (κ2) is 6.81. The maximum absolute atomic E-state index is 12.1. The van der Waals surface area contributed by atoms with Gasteiger partial charge in [-0.1, -0.05) is 17.7 Å². The molecule has 0 bridgehead atoms. The van der Waals surface area contributed by atoms with Crippen LogP contribution in [-0.4, -0.2) is 24.9 Å². The van der Waals surface area contributed by atoms with E-state index < -0.39 is 0 Å². The third-order valence-electron chi connectivity index (χ3n) is 3.33. The Kier molecular flexibility index (Phi) is 4.76. The van der Waals surface area contributed by atoms with Crippen molar-refractivity contribution in [2.24, 2.45) is 7.05 Å². The summed E-state index contributed by atoms with van der Waals surface area (Å²) in [6.07, 6.45) is 0. The molecule has 0 saturated heterocycles. The molecular weight excluding hydrogens is 447 g/mol. The molecular formula is C15H12ClIN4O3. The van der Waals surface area contributed by atoms with Crippen LogP contribution < -0.4 is 10.4 Å². The van der Waals surface area contributed by atoms with Crippen molar-refractivity contribution in [1.82, 2.24) is 19.8 Å². The van der Waals surface area contributed by atoms with Gasteiger partial charge in [-0.25, -0.2) is 4.79 Å². The van der Waals surface area contributed by atoms with Crippen LogP contribution in [0.25, 0.3) is 5.69 Å². The van der Waals surface area contributed by atoms with E-state index in [0.717, 1.165) is 13.8 Å². The summed E-state index contributed by atoms with van der Waals surface area (Å²) in [4.78, 5) is 12.1. The summed E-state index contributed by atoms with van der Waals surface area (Å²) < 4.78 is 9.04. The predicted octanol–water partition coefficient (Wildman–Crippen LogP) is 2.51. The maximum atomic E-state index is 12.1. The Balaban J connectivity index is 1.96. The van der Waals surface area contributed by atoms with Gasteiger partial charge in [0.25, 0.3) is 0 Å². The summed E-state index contributed by atoms with van der Waals surface area (Å²) in [6, 6.07) is 9.99. The highest BCUT2D eigenvalue weighted by atomic mass is 127. The predicted molar refractivity (Wildman–Crippen MR) is 96.8 cm³/mol. The first kappa shape index (κ1) is 16.8. The Labute approximate surface area is 155 Å². The van der Waals surface area contributed by atoms with Gasteiger partial charge in [0.15, 0.2) is 0 Å². The average molecular weight is 459 g/mol. The molecule has 9 heteroatoms. The molecule has 0 aliphatic carbocycles. The molecule has 124 valence electrons. The minimum absolute atomic E-state index is 0.0634. The number of hydrogen-bond donors (Lipinski definition) is 1. The zero-order valence-corrected chi connectivity index (χ0v) is 15.4. The number of phenolic OH excluding ortho intramolecular Hbond substituents is 1. The largest absolute Gasteiger partial charge is 0.508 e. The van der Waals surface area contributed by atoms with E-state index in [2.05, 4.69) is 33.0 Å². The van der Waals surface area contributed by atoms with Crippen LogP contribution in [0, 0.1) is 3.57 Å². The van der Waals surface area contributed by atoms with Gasteiger partial charge in [0.05, 0.1) is 10.7 Å². The molecule has 1 N–H and O–H groups in total. The quantitative estimate of drug-likeness (QED) is 0.608. The summed E-state index contributed by atoms with van der Waals surface area (Å²) in [7, 11) is 1.53. The molecule has 2 aromatic carbocycles. The van der Waals surface area contributed by atoms with Crippen molar-refractivity contribution < 1.29 is 9.84 Å². The third-order valence-corrected chi connectivity index (χ3v) is 4.64. The van der Waals surface area contributed by atoms with E-state index in [0.29, 0.717) is 16.5 Å². The second-order valence-corrected chi connectivity index (χ2v) is 6.51. The maximum Gasteiger partial charge on any atom is 0.368 e. The van der Waals surface area contributed by atoms with Gasteiger partial charge < -0.3 is 9.84 Å². The minimum Gasteiger partial charge on any atom is -0.508 e. The fraction of sp³-hybridized carbons (Fsp3) is 0.133. The van der Waals surface area contributed by atoms with Crippen molar-refractivity contribution in [1.29, 1.82) is 0 Å². The first-order valence-corrected chi connectivity index (χ1v) is 8.31. The standard InChI is InChI=1S/C15H12ClIN4O3/c1-20-15(23)21(19-18-20)13-4-2-3-12(17)10(13)8-24-14-6-5-9(22)7-11(14)16/h2-7,22H,8H2,1H3. The smallest absolute Gasteiger partial charge is 0.368 e. The molecule has 0 amide bonds. The number of aryl methyl sites for hydroxylation is 1. The van der Waals surface area contributed by atoms with Crippen molar-refractivity contribution in [2.75, 3.05) is 0 Å². The van der Waals surface area contributed by atoms with Crippen LogP contribution >= 0.6 is 34.2 Å². The summed E-state index contributed by atoms with van der Waals surface area (Å²) in [5.74, 6) is 0.500. The highest BCUT2D eigenvalue weighted by Crippen LogP contribution is 2.30. The lowest BCUT2D eigenvalue weighted by molar-refractivity contribution is 0.304. The zero-order chi connectivity index (χ0) is 17.3. The fourth-order valence-electron chi connectivity index (χ4n) is 2.11. The Morgan fingerprint density at radius 2 is 2.08 bits per heavy atom. The number of phenols is 1. The van der Waals surface area contributed by atoms with E-state index in [1.165, 1.54) is 23.9 Å². The van der Waals surface area contributed by atoms with Gasteiger partial charge in [-0.15, -0.1) is 0 Å². The molecule has 1 heterocycles. The molecule has 7 nitrogen and oxygen atoms in total. The Bertz CT molecular complexity index is 954. The van der Waals surface area contributed by atoms with Crippen molar-refractivity contribution in [2.45, 2.75) is 6.61 Å². The molecule has 0 fully saturated rings. The highest BCUT2D eigenvalue weighted by molar-refractivity contribution is 14.1. The summed E-state index contributed by atoms with van der Waals surface area (Å²) in [6.45, 7) is 0.182. The molecule has 0 saturated carbocycles. The molecule has 0 aliphatic heterocycles. The summed E-state index contributed by atoms with van der Waals surface area (Å²) >= 11 is 8.22. The minimum atomic E-state index is -0.346. The van der Waals surface area contributed by atoms with E-state index in [4.69, 9.17) is 16.3 Å². The van der Waals surface area contributed by atoms with Gasteiger partial charge in [0.2, 0.25) is 0 Å². The highest BCUT2D eigenvalue weighted by Gasteiger charge is 2.14. The number of aromatic nitrogens is 4. The lowest BCUT2D eigenvalue weighted by Gasteiger charge is -2.13. The van der Waals surface area contributed by atoms with E-state index in [-0.39, 0.29) is 18.0 Å². The topological polar surface area (TPSA) is 82.2 Å². The molecule has 0 aliphatic rings. The molecule has 0 unspecified atom stereocenters. The Hall–Kier alpha value is -2.07. The number of ether oxygens (including phenoxy) is 1. The van der Waals surface area contributed by atoms with Gasteiger partial charge in [0, 0.05) is 22.2 Å². The molecule has 3 rings (SSSR count). The van der Waals surface area contributed by atoms with E-state index >= 15 is 0 Å². The first-order chi connectivity index (χ1) is 11.5. The van der Waals surface area contributed by atoms with E-state index in [1.807, 2.05) is 12.1 Å². The first-order valence-electron chi connectivity index (χ1n) is 6.85. The Morgan fingerprint density at radius 1 is 1.29 bits per heavy atom. The number of nitrogens with zero attached hydrogens (tertiary/aromatic N) is 4. The zero-order valence-electron chi connectivity index (χ0n) is 12.5. The lowest BCUT2D eigenvalue weighted by Crippen LogP contribution is -2.23. The summed E-state index contributed by atoms with van der Waals surface area (Å²) in [5.41, 5.74) is 1.03. The molecule has 1 aromatic heterocycles. The monoisotopic (exact) mass is 458 g/mol. The number of benzene rings is 2. The van der Waals surface area contributed by atoms with Gasteiger partial charge in [-0.05, 0) is 57.3 Å². The van der Waals surface area contributed by atoms with Crippen molar-refractivity contribution in [3.05, 3.63) is 61.0 Å². The van der Waals surface area contributed by atoms with Crippen molar-refractivity contribution in [3.8, 4) is 17.2 Å². The fourth-order valence-corrected chi connectivity index (χ4v) is 2.98. The van der Waals surface area contributed by atoms with Crippen LogP contribution in [0.4, 0.5) is 0 Å². The van der Waals surface area contributed by atoms with Crippen LogP contribution in [0.3, 0.4) is 0 Å². The molecule has 0 spiro atoms. The van der Waals surface area contributed by atoms with Crippen LogP contribution in [0.15, 0.2) is 41.2 Å². The third kappa shape index (κ3) is 3.24. The van der Waals surface area contributed by atoms with Crippen LogP contribution in [0.2, 0.25) is 5.02 Å². The SMILES string of the molecule is Cn1nnn(-c2cccc(I)c2COc2ccc(O)cc2Cl)c1=O. The normalized spacial score (nSPS) is 10.8. The average Bonchev–Trinajstić information content (AvgIpc) is 2.87. The van der Waals surface area contributed by atoms with Crippen LogP contribution in [0.1, 0.15) is 5.56 Å². The second-order valence-electron chi connectivity index (χ2n) is 4.94. The van der Waals surface area contributed by atoms with E-state index in [9.17, 15) is 9.90 Å². The summed E-state index contributed by atoms with van der Waals surface area (Å²) in [5, 5.41) is 17.3. The number of aromatic hydroxyl groups is 1. The van der Waals surface area contributed by atoms with Crippen molar-refractivity contribution >= 4 is 34.2 Å². The molecule has 0 atom stereocenters. The number of tetrazole rings is 1. The van der Waals surface area contributed by atoms with Crippen molar-refractivity contribution in [3.63, 3.8) is 0 Å².